The molecule has 3 nitrogen and oxygen atoms in total. The van der Waals surface area contributed by atoms with E-state index in [-0.39, 0.29) is 0 Å². The second-order valence-electron chi connectivity index (χ2n) is 4.03. The van der Waals surface area contributed by atoms with Crippen molar-refractivity contribution in [1.29, 1.82) is 0 Å². The van der Waals surface area contributed by atoms with Crippen LogP contribution in [-0.2, 0) is 6.42 Å². The van der Waals surface area contributed by atoms with E-state index in [2.05, 4.69) is 53.7 Å². The Morgan fingerprint density at radius 1 is 1.25 bits per heavy atom. The second-order valence-corrected chi connectivity index (χ2v) is 4.03. The predicted molar refractivity (Wildman–Crippen MR) is 69.8 cm³/mol. The maximum Gasteiger partial charge on any atom is 0.191 e. The number of nitrogens with zero attached hydrogens (tertiary/aromatic N) is 1. The van der Waals surface area contributed by atoms with Crippen LogP contribution in [-0.4, -0.2) is 25.6 Å². The fraction of sp³-hybridized carbons (Fsp3) is 0.462. The van der Waals surface area contributed by atoms with Crippen molar-refractivity contribution in [2.75, 3.05) is 13.6 Å². The number of hydrogen-bond donors (Lipinski definition) is 2. The van der Waals surface area contributed by atoms with E-state index in [1.807, 2.05) is 6.07 Å². The van der Waals surface area contributed by atoms with Crippen LogP contribution < -0.4 is 10.6 Å². The molecule has 0 atom stereocenters. The van der Waals surface area contributed by atoms with Crippen molar-refractivity contribution >= 4 is 5.96 Å². The number of guanidine groups is 1. The Morgan fingerprint density at radius 2 is 1.94 bits per heavy atom. The Hall–Kier alpha value is -1.51. The summed E-state index contributed by atoms with van der Waals surface area (Å²) in [5.41, 5.74) is 1.34. The lowest BCUT2D eigenvalue weighted by Gasteiger charge is -2.14. The molecule has 0 unspecified atom stereocenters. The summed E-state index contributed by atoms with van der Waals surface area (Å²) < 4.78 is 0. The van der Waals surface area contributed by atoms with E-state index in [0.29, 0.717) is 6.04 Å². The molecule has 16 heavy (non-hydrogen) atoms. The molecule has 0 amide bonds. The van der Waals surface area contributed by atoms with Gasteiger partial charge in [-0.15, -0.1) is 0 Å². The minimum atomic E-state index is 0.405. The molecule has 0 aliphatic heterocycles. The van der Waals surface area contributed by atoms with Gasteiger partial charge in [-0.25, -0.2) is 0 Å². The van der Waals surface area contributed by atoms with Gasteiger partial charge < -0.3 is 10.6 Å². The van der Waals surface area contributed by atoms with E-state index < -0.39 is 0 Å². The Morgan fingerprint density at radius 3 is 2.50 bits per heavy atom. The molecule has 0 heterocycles. The highest BCUT2D eigenvalue weighted by Gasteiger charge is 1.98. The molecule has 0 spiro atoms. The van der Waals surface area contributed by atoms with Gasteiger partial charge in [0.15, 0.2) is 5.96 Å². The van der Waals surface area contributed by atoms with Gasteiger partial charge in [0.25, 0.3) is 0 Å². The lowest BCUT2D eigenvalue weighted by molar-refractivity contribution is 0.698. The molecule has 0 aliphatic carbocycles. The monoisotopic (exact) mass is 219 g/mol. The largest absolute Gasteiger partial charge is 0.356 e. The minimum absolute atomic E-state index is 0.405. The van der Waals surface area contributed by atoms with Gasteiger partial charge in [0.05, 0.1) is 0 Å². The van der Waals surface area contributed by atoms with Crippen molar-refractivity contribution in [3.05, 3.63) is 35.9 Å². The predicted octanol–water partition coefficient (Wildman–Crippen LogP) is 1.80. The first kappa shape index (κ1) is 12.6. The Balaban J connectivity index is 2.29. The Bertz CT molecular complexity index is 317. The topological polar surface area (TPSA) is 36.4 Å². The maximum atomic E-state index is 4.15. The lowest BCUT2D eigenvalue weighted by atomic mass is 10.1. The van der Waals surface area contributed by atoms with Crippen molar-refractivity contribution in [3.63, 3.8) is 0 Å². The van der Waals surface area contributed by atoms with Crippen LogP contribution in [0.1, 0.15) is 19.4 Å². The molecule has 3 heteroatoms. The highest BCUT2D eigenvalue weighted by atomic mass is 15.2. The van der Waals surface area contributed by atoms with Gasteiger partial charge in [0.2, 0.25) is 0 Å². The molecule has 0 saturated carbocycles. The standard InChI is InChI=1S/C13H21N3/c1-11(2)16-13(14-3)15-10-9-12-7-5-4-6-8-12/h4-8,11H,9-10H2,1-3H3,(H2,14,15,16). The van der Waals surface area contributed by atoms with Gasteiger partial charge in [0, 0.05) is 19.6 Å². The third-order valence-corrected chi connectivity index (χ3v) is 2.20. The minimum Gasteiger partial charge on any atom is -0.356 e. The summed E-state index contributed by atoms with van der Waals surface area (Å²) in [5.74, 6) is 0.867. The first-order valence-corrected chi connectivity index (χ1v) is 5.73. The van der Waals surface area contributed by atoms with E-state index in [1.165, 1.54) is 5.56 Å². The summed E-state index contributed by atoms with van der Waals surface area (Å²) in [5, 5.41) is 6.54. The van der Waals surface area contributed by atoms with Crippen LogP contribution in [0.4, 0.5) is 0 Å². The first-order chi connectivity index (χ1) is 7.72. The van der Waals surface area contributed by atoms with Crippen molar-refractivity contribution < 1.29 is 0 Å². The number of benzene rings is 1. The summed E-state index contributed by atoms with van der Waals surface area (Å²) in [4.78, 5) is 4.15. The Labute approximate surface area is 98.0 Å². The molecule has 0 saturated heterocycles. The molecule has 0 bridgehead atoms. The van der Waals surface area contributed by atoms with E-state index in [9.17, 15) is 0 Å². The summed E-state index contributed by atoms with van der Waals surface area (Å²) in [7, 11) is 1.79. The van der Waals surface area contributed by atoms with Gasteiger partial charge in [-0.3, -0.25) is 4.99 Å². The third kappa shape index (κ3) is 4.82. The second kappa shape index (κ2) is 6.88. The number of hydrogen-bond acceptors (Lipinski definition) is 1. The molecule has 88 valence electrons. The summed E-state index contributed by atoms with van der Waals surface area (Å²) in [6, 6.07) is 10.9. The number of aliphatic imine (C=N–C) groups is 1. The highest BCUT2D eigenvalue weighted by molar-refractivity contribution is 5.79. The molecule has 1 aromatic rings. The molecule has 2 N–H and O–H groups in total. The third-order valence-electron chi connectivity index (χ3n) is 2.20. The first-order valence-electron chi connectivity index (χ1n) is 5.73. The van der Waals surface area contributed by atoms with Crippen molar-refractivity contribution in [2.24, 2.45) is 4.99 Å². The molecule has 0 aromatic heterocycles. The van der Waals surface area contributed by atoms with Crippen molar-refractivity contribution in [2.45, 2.75) is 26.3 Å². The Kier molecular flexibility index (Phi) is 5.40. The van der Waals surface area contributed by atoms with Crippen LogP contribution in [0.25, 0.3) is 0 Å². The van der Waals surface area contributed by atoms with Crippen molar-refractivity contribution in [3.8, 4) is 0 Å². The zero-order valence-corrected chi connectivity index (χ0v) is 10.3. The highest BCUT2D eigenvalue weighted by Crippen LogP contribution is 1.97. The SMILES string of the molecule is CN=C(NCCc1ccccc1)NC(C)C. The molecule has 1 aromatic carbocycles. The maximum absolute atomic E-state index is 4.15. The van der Waals surface area contributed by atoms with Crippen LogP contribution >= 0.6 is 0 Å². The molecule has 1 rings (SSSR count). The molecule has 0 radical (unpaired) electrons. The summed E-state index contributed by atoms with van der Waals surface area (Å²) in [6.07, 6.45) is 1.01. The van der Waals surface area contributed by atoms with Gasteiger partial charge in [0.1, 0.15) is 0 Å². The zero-order chi connectivity index (χ0) is 11.8. The lowest BCUT2D eigenvalue weighted by Crippen LogP contribution is -2.41. The molecule has 0 fully saturated rings. The smallest absolute Gasteiger partial charge is 0.191 e. The van der Waals surface area contributed by atoms with Crippen LogP contribution in [0, 0.1) is 0 Å². The normalized spacial score (nSPS) is 11.6. The van der Waals surface area contributed by atoms with Crippen LogP contribution in [0.3, 0.4) is 0 Å². The summed E-state index contributed by atoms with van der Waals surface area (Å²) >= 11 is 0. The number of rotatable bonds is 4. The number of nitrogens with one attached hydrogen (secondary N) is 2. The van der Waals surface area contributed by atoms with Gasteiger partial charge in [-0.05, 0) is 25.8 Å². The fourth-order valence-corrected chi connectivity index (χ4v) is 1.44. The quantitative estimate of drug-likeness (QED) is 0.598. The van der Waals surface area contributed by atoms with Crippen LogP contribution in [0.5, 0.6) is 0 Å². The molecule has 0 aliphatic rings. The van der Waals surface area contributed by atoms with Crippen LogP contribution in [0.15, 0.2) is 35.3 Å². The average molecular weight is 219 g/mol. The molecular weight excluding hydrogens is 198 g/mol. The van der Waals surface area contributed by atoms with Crippen LogP contribution in [0.2, 0.25) is 0 Å². The van der Waals surface area contributed by atoms with E-state index >= 15 is 0 Å². The summed E-state index contributed by atoms with van der Waals surface area (Å²) in [6.45, 7) is 5.10. The molecular formula is C13H21N3. The van der Waals surface area contributed by atoms with Gasteiger partial charge >= 0.3 is 0 Å². The fourth-order valence-electron chi connectivity index (χ4n) is 1.44. The van der Waals surface area contributed by atoms with Gasteiger partial charge in [-0.1, -0.05) is 30.3 Å². The van der Waals surface area contributed by atoms with E-state index in [1.54, 1.807) is 7.05 Å². The average Bonchev–Trinajstić information content (AvgIpc) is 2.28. The van der Waals surface area contributed by atoms with Crippen molar-refractivity contribution in [1.82, 2.24) is 10.6 Å². The zero-order valence-electron chi connectivity index (χ0n) is 10.3. The van der Waals surface area contributed by atoms with Gasteiger partial charge in [-0.2, -0.15) is 0 Å². The van der Waals surface area contributed by atoms with E-state index in [4.69, 9.17) is 0 Å². The van der Waals surface area contributed by atoms with E-state index in [0.717, 1.165) is 18.9 Å².